The average molecular weight is 292 g/mol. The highest BCUT2D eigenvalue weighted by Gasteiger charge is 2.22. The molecule has 4 nitrogen and oxygen atoms in total. The largest absolute Gasteiger partial charge is 0.337 e. The molecule has 0 saturated carbocycles. The van der Waals surface area contributed by atoms with Crippen LogP contribution in [-0.4, -0.2) is 34.9 Å². The number of aromatic nitrogens is 1. The van der Waals surface area contributed by atoms with Crippen molar-refractivity contribution < 1.29 is 4.79 Å². The quantitative estimate of drug-likeness (QED) is 0.858. The summed E-state index contributed by atoms with van der Waals surface area (Å²) < 4.78 is 0. The molecule has 0 spiro atoms. The topological polar surface area (TPSA) is 59.2 Å². The number of carbonyl (C=O) groups is 1. The molecule has 1 aliphatic rings. The third-order valence-electron chi connectivity index (χ3n) is 2.87. The molecular formula is C12H19Cl2N3O. The predicted molar refractivity (Wildman–Crippen MR) is 76.6 cm³/mol. The Kier molecular flexibility index (Phi) is 7.21. The maximum atomic E-state index is 12.1. The van der Waals surface area contributed by atoms with Crippen molar-refractivity contribution in [2.75, 3.05) is 13.1 Å². The van der Waals surface area contributed by atoms with Crippen molar-refractivity contribution in [2.45, 2.75) is 25.8 Å². The summed E-state index contributed by atoms with van der Waals surface area (Å²) in [6, 6.07) is 1.99. The van der Waals surface area contributed by atoms with Gasteiger partial charge in [-0.3, -0.25) is 9.78 Å². The highest BCUT2D eigenvalue weighted by molar-refractivity contribution is 5.94. The van der Waals surface area contributed by atoms with E-state index in [-0.39, 0.29) is 36.8 Å². The standard InChI is InChI=1S/C12H17N3O.2ClH/c1-9-5-10(7-14-6-9)12(16)15-4-2-3-11(13)8-15;;/h5-7,11H,2-4,8,13H2,1H3;2*1H. The van der Waals surface area contributed by atoms with E-state index in [1.54, 1.807) is 12.4 Å². The van der Waals surface area contributed by atoms with E-state index in [2.05, 4.69) is 4.98 Å². The van der Waals surface area contributed by atoms with E-state index in [4.69, 9.17) is 5.73 Å². The SMILES string of the molecule is Cc1cncc(C(=O)N2CCCC(N)C2)c1.Cl.Cl. The smallest absolute Gasteiger partial charge is 0.255 e. The van der Waals surface area contributed by atoms with Crippen molar-refractivity contribution >= 4 is 30.7 Å². The molecule has 6 heteroatoms. The first-order chi connectivity index (χ1) is 7.66. The van der Waals surface area contributed by atoms with E-state index in [1.807, 2.05) is 17.9 Å². The van der Waals surface area contributed by atoms with Crippen LogP contribution in [0.1, 0.15) is 28.8 Å². The molecule has 18 heavy (non-hydrogen) atoms. The Balaban J connectivity index is 0.00000144. The number of likely N-dealkylation sites (tertiary alicyclic amines) is 1. The maximum Gasteiger partial charge on any atom is 0.255 e. The summed E-state index contributed by atoms with van der Waals surface area (Å²) in [6.07, 6.45) is 5.37. The minimum Gasteiger partial charge on any atom is -0.337 e. The van der Waals surface area contributed by atoms with Gasteiger partial charge in [-0.1, -0.05) is 0 Å². The number of aryl methyl sites for hydroxylation is 1. The fraction of sp³-hybridized carbons (Fsp3) is 0.500. The van der Waals surface area contributed by atoms with Crippen LogP contribution in [0.15, 0.2) is 18.5 Å². The second-order valence-electron chi connectivity index (χ2n) is 4.40. The van der Waals surface area contributed by atoms with Crippen LogP contribution in [0, 0.1) is 6.92 Å². The van der Waals surface area contributed by atoms with Crippen molar-refractivity contribution in [3.05, 3.63) is 29.6 Å². The first-order valence-electron chi connectivity index (χ1n) is 5.63. The molecule has 1 saturated heterocycles. The maximum absolute atomic E-state index is 12.1. The molecule has 2 N–H and O–H groups in total. The van der Waals surface area contributed by atoms with E-state index in [1.165, 1.54) is 0 Å². The number of carbonyl (C=O) groups excluding carboxylic acids is 1. The van der Waals surface area contributed by atoms with Crippen LogP contribution in [0.5, 0.6) is 0 Å². The lowest BCUT2D eigenvalue weighted by molar-refractivity contribution is 0.0708. The van der Waals surface area contributed by atoms with Crippen LogP contribution < -0.4 is 5.73 Å². The molecule has 1 aliphatic heterocycles. The van der Waals surface area contributed by atoms with Gasteiger partial charge in [0.05, 0.1) is 5.56 Å². The molecule has 1 atom stereocenters. The lowest BCUT2D eigenvalue weighted by atomic mass is 10.1. The summed E-state index contributed by atoms with van der Waals surface area (Å²) in [4.78, 5) is 18.0. The second-order valence-corrected chi connectivity index (χ2v) is 4.40. The van der Waals surface area contributed by atoms with Crippen molar-refractivity contribution in [3.63, 3.8) is 0 Å². The van der Waals surface area contributed by atoms with Gasteiger partial charge >= 0.3 is 0 Å². The lowest BCUT2D eigenvalue weighted by Crippen LogP contribution is -2.45. The molecule has 1 aromatic heterocycles. The molecule has 0 aromatic carbocycles. The molecule has 1 unspecified atom stereocenters. The van der Waals surface area contributed by atoms with Crippen LogP contribution in [0.3, 0.4) is 0 Å². The number of hydrogen-bond acceptors (Lipinski definition) is 3. The number of piperidine rings is 1. The molecular weight excluding hydrogens is 273 g/mol. The van der Waals surface area contributed by atoms with Crippen molar-refractivity contribution in [1.82, 2.24) is 9.88 Å². The predicted octanol–water partition coefficient (Wildman–Crippen LogP) is 1.80. The number of halogens is 2. The summed E-state index contributed by atoms with van der Waals surface area (Å²) in [5.41, 5.74) is 7.53. The third-order valence-corrected chi connectivity index (χ3v) is 2.87. The minimum absolute atomic E-state index is 0. The zero-order valence-electron chi connectivity index (χ0n) is 10.3. The normalized spacial score (nSPS) is 18.6. The van der Waals surface area contributed by atoms with Gasteiger partial charge in [-0.05, 0) is 31.4 Å². The zero-order valence-corrected chi connectivity index (χ0v) is 12.0. The van der Waals surface area contributed by atoms with Gasteiger partial charge in [0.1, 0.15) is 0 Å². The van der Waals surface area contributed by atoms with Gasteiger partial charge in [0.2, 0.25) is 0 Å². The highest BCUT2D eigenvalue weighted by atomic mass is 35.5. The molecule has 0 bridgehead atoms. The van der Waals surface area contributed by atoms with E-state index in [9.17, 15) is 4.79 Å². The number of amides is 1. The molecule has 1 aromatic rings. The van der Waals surface area contributed by atoms with Crippen molar-refractivity contribution in [2.24, 2.45) is 5.73 Å². The monoisotopic (exact) mass is 291 g/mol. The van der Waals surface area contributed by atoms with Crippen LogP contribution in [0.4, 0.5) is 0 Å². The molecule has 0 aliphatic carbocycles. The van der Waals surface area contributed by atoms with Gasteiger partial charge in [-0.15, -0.1) is 24.8 Å². The fourth-order valence-corrected chi connectivity index (χ4v) is 2.05. The Bertz CT molecular complexity index is 401. The summed E-state index contributed by atoms with van der Waals surface area (Å²) in [5, 5.41) is 0. The van der Waals surface area contributed by atoms with E-state index in [0.29, 0.717) is 12.1 Å². The Labute approximate surface area is 120 Å². The number of hydrogen-bond donors (Lipinski definition) is 1. The number of rotatable bonds is 1. The fourth-order valence-electron chi connectivity index (χ4n) is 2.05. The van der Waals surface area contributed by atoms with Gasteiger partial charge in [0.15, 0.2) is 0 Å². The Morgan fingerprint density at radius 2 is 2.17 bits per heavy atom. The molecule has 102 valence electrons. The van der Waals surface area contributed by atoms with Crippen LogP contribution in [0.2, 0.25) is 0 Å². The summed E-state index contributed by atoms with van der Waals surface area (Å²) in [5.74, 6) is 0.0475. The van der Waals surface area contributed by atoms with Gasteiger partial charge in [0.25, 0.3) is 5.91 Å². The van der Waals surface area contributed by atoms with Gasteiger partial charge in [-0.25, -0.2) is 0 Å². The van der Waals surface area contributed by atoms with E-state index >= 15 is 0 Å². The Hall–Kier alpha value is -0.840. The zero-order chi connectivity index (χ0) is 11.5. The summed E-state index contributed by atoms with van der Waals surface area (Å²) in [7, 11) is 0. The van der Waals surface area contributed by atoms with Crippen LogP contribution in [0.25, 0.3) is 0 Å². The molecule has 1 amide bonds. The van der Waals surface area contributed by atoms with E-state index in [0.717, 1.165) is 24.9 Å². The Morgan fingerprint density at radius 1 is 1.44 bits per heavy atom. The highest BCUT2D eigenvalue weighted by Crippen LogP contribution is 2.12. The first-order valence-corrected chi connectivity index (χ1v) is 5.63. The molecule has 2 rings (SSSR count). The number of pyridine rings is 1. The average Bonchev–Trinajstić information content (AvgIpc) is 2.28. The van der Waals surface area contributed by atoms with Crippen LogP contribution in [-0.2, 0) is 0 Å². The van der Waals surface area contributed by atoms with Gasteiger partial charge in [-0.2, -0.15) is 0 Å². The summed E-state index contributed by atoms with van der Waals surface area (Å²) >= 11 is 0. The van der Waals surface area contributed by atoms with E-state index < -0.39 is 0 Å². The minimum atomic E-state index is 0. The Morgan fingerprint density at radius 3 is 2.78 bits per heavy atom. The summed E-state index contributed by atoms with van der Waals surface area (Å²) in [6.45, 7) is 3.40. The van der Waals surface area contributed by atoms with Gasteiger partial charge < -0.3 is 10.6 Å². The molecule has 0 radical (unpaired) electrons. The van der Waals surface area contributed by atoms with Crippen molar-refractivity contribution in [3.8, 4) is 0 Å². The third kappa shape index (κ3) is 4.12. The van der Waals surface area contributed by atoms with Crippen LogP contribution >= 0.6 is 24.8 Å². The van der Waals surface area contributed by atoms with Crippen molar-refractivity contribution in [1.29, 1.82) is 0 Å². The number of nitrogens with zero attached hydrogens (tertiary/aromatic N) is 2. The van der Waals surface area contributed by atoms with Gasteiger partial charge in [0, 0.05) is 31.5 Å². The lowest BCUT2D eigenvalue weighted by Gasteiger charge is -2.30. The second kappa shape index (κ2) is 7.56. The number of nitrogens with two attached hydrogens (primary N) is 1. The molecule has 2 heterocycles. The first kappa shape index (κ1) is 17.2. The molecule has 1 fully saturated rings.